The van der Waals surface area contributed by atoms with Crippen LogP contribution in [0.1, 0.15) is 43.0 Å². The first kappa shape index (κ1) is 20.0. The largest absolute Gasteiger partial charge is 1.00 e. The molecule has 3 nitrogen and oxygen atoms in total. The van der Waals surface area contributed by atoms with Crippen LogP contribution < -0.4 is 14.5 Å². The van der Waals surface area contributed by atoms with Crippen LogP contribution in [-0.4, -0.2) is 13.3 Å². The molecule has 4 heteroatoms. The quantitative estimate of drug-likeness (QED) is 0.463. The van der Waals surface area contributed by atoms with Crippen LogP contribution in [0, 0.1) is 26.8 Å². The Kier molecular flexibility index (Phi) is 4.93. The molecule has 0 aliphatic carbocycles. The van der Waals surface area contributed by atoms with Gasteiger partial charge in [0.1, 0.15) is 6.17 Å². The fourth-order valence-electron chi connectivity index (χ4n) is 4.51. The van der Waals surface area contributed by atoms with Crippen LogP contribution in [0.4, 0.5) is 11.4 Å². The van der Waals surface area contributed by atoms with Gasteiger partial charge < -0.3 is 14.5 Å². The summed E-state index contributed by atoms with van der Waals surface area (Å²) in [6, 6.07) is 12.4. The molecule has 2 aromatic carbocycles. The van der Waals surface area contributed by atoms with Crippen molar-refractivity contribution in [2.45, 2.75) is 53.1 Å². The van der Waals surface area contributed by atoms with E-state index in [4.69, 9.17) is 4.74 Å². The van der Waals surface area contributed by atoms with Gasteiger partial charge in [0.15, 0.2) is 0 Å². The Bertz CT molecular complexity index is 932. The van der Waals surface area contributed by atoms with Crippen molar-refractivity contribution in [3.8, 4) is 5.75 Å². The van der Waals surface area contributed by atoms with Gasteiger partial charge in [-0.15, -0.1) is 5.56 Å². The molecule has 143 valence electrons. The number of benzene rings is 2. The summed E-state index contributed by atoms with van der Waals surface area (Å²) < 4.78 is 5.70. The summed E-state index contributed by atoms with van der Waals surface area (Å²) >= 11 is 0. The molecule has 0 amide bonds. The number of hydrogen-bond donors (Lipinski definition) is 0. The standard InChI is InChI=1S/C23H27N2O.Ru/c1-14-12-20(16(3)22(26-7)15(14)2)24-13-21-23(5,6)18-10-8-9-11-19(18)25(21)17(24)4;/h8-11,13,17H,1-7H3;/q-1;+1/t17-;/m1./s1. The number of allylic oxidation sites excluding steroid dienone is 1. The van der Waals surface area contributed by atoms with Crippen molar-refractivity contribution in [1.29, 1.82) is 0 Å². The molecular weight excluding hydrogens is 421 g/mol. The number of methoxy groups -OCH3 is 1. The van der Waals surface area contributed by atoms with Gasteiger partial charge in [0.25, 0.3) is 0 Å². The third-order valence-electron chi connectivity index (χ3n) is 6.14. The second kappa shape index (κ2) is 6.67. The molecule has 0 saturated carbocycles. The molecule has 1 atom stereocenters. The Balaban J connectivity index is 0.00000210. The van der Waals surface area contributed by atoms with E-state index in [1.807, 2.05) is 0 Å². The van der Waals surface area contributed by atoms with Gasteiger partial charge in [0.2, 0.25) is 0 Å². The van der Waals surface area contributed by atoms with Crippen molar-refractivity contribution in [1.82, 2.24) is 0 Å². The number of aryl methyl sites for hydroxylation is 1. The number of fused-ring (bicyclic) bond motifs is 3. The van der Waals surface area contributed by atoms with E-state index in [0.29, 0.717) is 0 Å². The first-order valence-corrected chi connectivity index (χ1v) is 9.25. The van der Waals surface area contributed by atoms with Crippen molar-refractivity contribution in [3.05, 3.63) is 64.5 Å². The predicted molar refractivity (Wildman–Crippen MR) is 108 cm³/mol. The van der Waals surface area contributed by atoms with E-state index < -0.39 is 0 Å². The van der Waals surface area contributed by atoms with Crippen LogP contribution in [0.25, 0.3) is 0 Å². The van der Waals surface area contributed by atoms with Gasteiger partial charge >= 0.3 is 19.5 Å². The second-order valence-electron chi connectivity index (χ2n) is 7.95. The molecule has 27 heavy (non-hydrogen) atoms. The molecule has 0 unspecified atom stereocenters. The summed E-state index contributed by atoms with van der Waals surface area (Å²) in [6.45, 7) is 13.2. The Morgan fingerprint density at radius 3 is 2.41 bits per heavy atom. The number of para-hydroxylation sites is 1. The molecule has 1 radical (unpaired) electrons. The Labute approximate surface area is 175 Å². The van der Waals surface area contributed by atoms with Gasteiger partial charge in [-0.05, 0) is 18.6 Å². The monoisotopic (exact) mass is 449 g/mol. The number of hydrogen-bond acceptors (Lipinski definition) is 3. The average molecular weight is 449 g/mol. The first-order valence-electron chi connectivity index (χ1n) is 9.25. The first-order chi connectivity index (χ1) is 12.3. The molecular formula is C23H27N2ORu. The molecule has 2 aliphatic rings. The van der Waals surface area contributed by atoms with Crippen LogP contribution >= 0.6 is 0 Å². The average Bonchev–Trinajstić information content (AvgIpc) is 3.06. The maximum atomic E-state index is 5.70. The maximum absolute atomic E-state index is 5.70. The van der Waals surface area contributed by atoms with Crippen molar-refractivity contribution in [2.24, 2.45) is 0 Å². The zero-order valence-corrected chi connectivity index (χ0v) is 18.9. The SMILES string of the molecule is COc1c(C)c(C)[c-]c(N2C=C3N(c4ccccc4C3(C)C)[C@@H]2C)c1C.[Ru+]. The van der Waals surface area contributed by atoms with Crippen LogP contribution in [0.3, 0.4) is 0 Å². The van der Waals surface area contributed by atoms with Crippen molar-refractivity contribution < 1.29 is 24.2 Å². The van der Waals surface area contributed by atoms with Gasteiger partial charge in [-0.1, -0.05) is 64.1 Å². The number of ether oxygens (including phenoxy) is 1. The van der Waals surface area contributed by atoms with Crippen molar-refractivity contribution in [3.63, 3.8) is 0 Å². The zero-order valence-electron chi connectivity index (χ0n) is 17.1. The molecule has 0 bridgehead atoms. The van der Waals surface area contributed by atoms with Crippen molar-refractivity contribution in [2.75, 3.05) is 16.9 Å². The number of anilines is 2. The smallest absolute Gasteiger partial charge is 0.522 e. The fraction of sp³-hybridized carbons (Fsp3) is 0.391. The third kappa shape index (κ3) is 2.64. The summed E-state index contributed by atoms with van der Waals surface area (Å²) in [7, 11) is 1.75. The normalized spacial score (nSPS) is 19.4. The Hall–Kier alpha value is -1.80. The maximum Gasteiger partial charge on any atom is 1.00 e. The summed E-state index contributed by atoms with van der Waals surface area (Å²) in [5.74, 6) is 0.966. The van der Waals surface area contributed by atoms with Gasteiger partial charge in [0.05, 0.1) is 7.11 Å². The van der Waals surface area contributed by atoms with E-state index in [-0.39, 0.29) is 31.1 Å². The van der Waals surface area contributed by atoms with Gasteiger partial charge in [-0.2, -0.15) is 11.6 Å². The summed E-state index contributed by atoms with van der Waals surface area (Å²) in [6.07, 6.45) is 2.51. The molecule has 2 aliphatic heterocycles. The zero-order chi connectivity index (χ0) is 18.8. The molecule has 0 N–H and O–H groups in total. The minimum atomic E-state index is -0.00264. The Morgan fingerprint density at radius 2 is 1.74 bits per heavy atom. The second-order valence-corrected chi connectivity index (χ2v) is 7.95. The van der Waals surface area contributed by atoms with Crippen LogP contribution in [0.15, 0.2) is 36.2 Å². The van der Waals surface area contributed by atoms with Crippen LogP contribution in [-0.2, 0) is 24.9 Å². The Morgan fingerprint density at radius 1 is 1.07 bits per heavy atom. The number of nitrogens with zero attached hydrogens (tertiary/aromatic N) is 2. The minimum absolute atomic E-state index is 0. The van der Waals surface area contributed by atoms with Gasteiger partial charge in [-0.25, -0.2) is 0 Å². The summed E-state index contributed by atoms with van der Waals surface area (Å²) in [4.78, 5) is 4.81. The van der Waals surface area contributed by atoms with E-state index >= 15 is 0 Å². The third-order valence-corrected chi connectivity index (χ3v) is 6.14. The molecule has 0 spiro atoms. The summed E-state index contributed by atoms with van der Waals surface area (Å²) in [5, 5.41) is 0. The number of rotatable bonds is 2. The molecule has 2 heterocycles. The van der Waals surface area contributed by atoms with Crippen molar-refractivity contribution >= 4 is 11.4 Å². The van der Waals surface area contributed by atoms with E-state index in [2.05, 4.69) is 87.9 Å². The fourth-order valence-corrected chi connectivity index (χ4v) is 4.51. The molecule has 0 fully saturated rings. The minimum Gasteiger partial charge on any atom is -0.522 e. The molecule has 2 aromatic rings. The van der Waals surface area contributed by atoms with Crippen LogP contribution in [0.2, 0.25) is 0 Å². The van der Waals surface area contributed by atoms with Crippen LogP contribution in [0.5, 0.6) is 5.75 Å². The van der Waals surface area contributed by atoms with E-state index in [9.17, 15) is 0 Å². The van der Waals surface area contributed by atoms with E-state index in [1.165, 1.54) is 22.5 Å². The molecule has 0 saturated heterocycles. The molecule has 4 rings (SSSR count). The van der Waals surface area contributed by atoms with Gasteiger partial charge in [0, 0.05) is 28.7 Å². The van der Waals surface area contributed by atoms with E-state index in [1.54, 1.807) is 7.11 Å². The van der Waals surface area contributed by atoms with Gasteiger partial charge in [-0.3, -0.25) is 0 Å². The van der Waals surface area contributed by atoms with E-state index in [0.717, 1.165) is 22.6 Å². The summed E-state index contributed by atoms with van der Waals surface area (Å²) in [5.41, 5.74) is 8.61. The predicted octanol–water partition coefficient (Wildman–Crippen LogP) is 5.22. The molecule has 0 aromatic heterocycles. The topological polar surface area (TPSA) is 15.7 Å².